The van der Waals surface area contributed by atoms with Gasteiger partial charge in [0.2, 0.25) is 0 Å². The Kier molecular flexibility index (Phi) is 6.74. The third-order valence-electron chi connectivity index (χ3n) is 18.8. The average molecular weight is 1270 g/mol. The third-order valence-corrected chi connectivity index (χ3v) is 18.8. The van der Waals surface area contributed by atoms with E-state index in [0.717, 1.165) is 0 Å². The highest BCUT2D eigenvalue weighted by atomic mass is 15.2. The van der Waals surface area contributed by atoms with Gasteiger partial charge in [0.1, 0.15) is 0 Å². The lowest BCUT2D eigenvalue weighted by atomic mass is 9.33. The molecule has 0 saturated carbocycles. The fourth-order valence-corrected chi connectivity index (χ4v) is 15.0. The minimum atomic E-state index is -1.02. The summed E-state index contributed by atoms with van der Waals surface area (Å²) >= 11 is 0. The van der Waals surface area contributed by atoms with Gasteiger partial charge in [0, 0.05) is 99.5 Å². The van der Waals surface area contributed by atoms with Crippen molar-refractivity contribution in [3.8, 4) is 45.0 Å². The molecule has 4 aromatic heterocycles. The highest BCUT2D eigenvalue weighted by Gasteiger charge is 2.44. The van der Waals surface area contributed by atoms with Gasteiger partial charge in [-0.15, -0.1) is 0 Å². The topological polar surface area (TPSA) is 26.2 Å². The van der Waals surface area contributed by atoms with Crippen LogP contribution >= 0.6 is 0 Å². The van der Waals surface area contributed by atoms with Crippen LogP contribution in [0.5, 0.6) is 0 Å². The molecular formula is C90H57BN6. The first kappa shape index (κ1) is 31.4. The molecule has 0 fully saturated rings. The third kappa shape index (κ3) is 7.68. The van der Waals surface area contributed by atoms with E-state index in [9.17, 15) is 27.4 Å². The van der Waals surface area contributed by atoms with Crippen molar-refractivity contribution in [2.45, 2.75) is 0 Å². The first-order valence-corrected chi connectivity index (χ1v) is 30.9. The summed E-state index contributed by atoms with van der Waals surface area (Å²) in [6.07, 6.45) is 0. The quantitative estimate of drug-likeness (QED) is 0.142. The fraction of sp³-hybridized carbons (Fsp3) is 0. The highest BCUT2D eigenvalue weighted by Crippen LogP contribution is 2.51. The molecule has 0 aliphatic carbocycles. The van der Waals surface area contributed by atoms with E-state index in [0.29, 0.717) is 61.4 Å². The summed E-state index contributed by atoms with van der Waals surface area (Å²) in [5, 5.41) is -1.66. The molecule has 0 radical (unpaired) electrons. The Balaban J connectivity index is 0.908. The number of aromatic nitrogens is 4. The van der Waals surface area contributed by atoms with Crippen LogP contribution in [-0.4, -0.2) is 25.0 Å². The largest absolute Gasteiger partial charge is 0.311 e. The number of hydrogen-bond acceptors (Lipinski definition) is 2. The van der Waals surface area contributed by atoms with Crippen LogP contribution in [0.15, 0.2) is 345 Å². The maximum Gasteiger partial charge on any atom is 0.252 e. The molecule has 450 valence electrons. The van der Waals surface area contributed by atoms with E-state index < -0.39 is 200 Å². The summed E-state index contributed by atoms with van der Waals surface area (Å²) in [6.45, 7) is -1.02. The fourth-order valence-electron chi connectivity index (χ4n) is 15.0. The van der Waals surface area contributed by atoms with E-state index in [1.54, 1.807) is 140 Å². The Morgan fingerprint density at radius 2 is 0.464 bits per heavy atom. The predicted octanol–water partition coefficient (Wildman–Crippen LogP) is 21.5. The van der Waals surface area contributed by atoms with E-state index >= 15 is 0 Å². The predicted molar refractivity (Wildman–Crippen MR) is 409 cm³/mol. The molecule has 2 aliphatic rings. The molecule has 0 spiro atoms. The Bertz CT molecular complexity index is 7730. The first-order chi connectivity index (χ1) is 61.5. The second-order valence-electron chi connectivity index (χ2n) is 23.5. The summed E-state index contributed by atoms with van der Waals surface area (Å²) in [6, 6.07) is 23.0. The van der Waals surface area contributed by atoms with Gasteiger partial charge in [-0.25, -0.2) is 0 Å². The lowest BCUT2D eigenvalue weighted by Gasteiger charge is -2.45. The number of rotatable bonds is 8. The van der Waals surface area contributed by atoms with Crippen LogP contribution in [0.2, 0.25) is 0 Å². The number of para-hydroxylation sites is 12. The Labute approximate surface area is 604 Å². The van der Waals surface area contributed by atoms with Gasteiger partial charge in [-0.2, -0.15) is 0 Å². The van der Waals surface area contributed by atoms with Crippen molar-refractivity contribution in [1.82, 2.24) is 18.3 Å². The van der Waals surface area contributed by atoms with Crippen LogP contribution < -0.4 is 26.2 Å². The van der Waals surface area contributed by atoms with Crippen LogP contribution in [0.4, 0.5) is 34.1 Å². The number of fused-ring (bicyclic) bond motifs is 16. The van der Waals surface area contributed by atoms with E-state index in [4.69, 9.17) is 16.4 Å². The van der Waals surface area contributed by atoms with E-state index in [-0.39, 0.29) is 121 Å². The Morgan fingerprint density at radius 3 is 0.773 bits per heavy atom. The lowest BCUT2D eigenvalue weighted by molar-refractivity contribution is 1.16. The SMILES string of the molecule is [2H]c1c([2H])c([2H])c2c(c1[2H])c1c([2H])c([2H])c([2H])c([2H])c1n2-c1ccc2c(c1)N(c1ccccc1-c1ccccc1-n1c3c([2H])c([2H])c([2H])c([2H])c3c3c([2H])c([2H])c([2H])c([2H])c31)c1cccc3c1B2c1ccc(-n2c4c([2H])c([2H])c([2H])c([2H])c4c4c([2H])c([2H])c([2H])c([2H])c42)cc1N3c1ccccc1-c1ccccc1-n1c2c([2H])c([2H])c([2H])c([2H])c2c2c([2H])c([2H])c([2H])c([2H])c21. The van der Waals surface area contributed by atoms with Gasteiger partial charge >= 0.3 is 0 Å². The maximum absolute atomic E-state index is 9.74. The molecule has 0 atom stereocenters. The maximum atomic E-state index is 9.74. The zero-order valence-corrected chi connectivity index (χ0v) is 50.2. The van der Waals surface area contributed by atoms with Crippen molar-refractivity contribution in [3.05, 3.63) is 345 Å². The van der Waals surface area contributed by atoms with Gasteiger partial charge in [-0.05, 0) is 125 Å². The number of hydrogen-bond donors (Lipinski definition) is 0. The molecule has 0 saturated heterocycles. The molecule has 15 aromatic carbocycles. The van der Waals surface area contributed by atoms with Crippen LogP contribution in [0.3, 0.4) is 0 Å². The van der Waals surface area contributed by atoms with Gasteiger partial charge in [0.05, 0.1) is 111 Å². The zero-order chi connectivity index (χ0) is 91.2. The first-order valence-electron chi connectivity index (χ1n) is 46.9. The molecule has 0 N–H and O–H groups in total. The molecule has 0 amide bonds. The van der Waals surface area contributed by atoms with Crippen molar-refractivity contribution >= 4 is 144 Å². The standard InChI is InChI=1S/C90H57BN6/c1-13-38-74-60(26-1)61-27-2-14-39-75(61)92(74)58-52-54-72-88(56-58)96(84-48-23-11-36-70(84)68-34-9-21-46-82(68)94-78-42-17-5-30-64(78)65-31-6-18-43-79(65)94)86-50-25-51-87-90(86)91(72)73-55-53-59(93-76-40-15-3-28-62(76)63-29-4-16-41-77(63)93)57-89(73)97(87)85-49-24-12-37-71(85)69-35-10-22-47-83(69)95-80-44-19-7-32-66(80)67-33-8-20-45-81(67)95/h1-57H/i1D,2D,3D,4D,5D,6D,7D,8D,13D,14D,15D,16D,17D,18D,19D,20D,26D,27D,28D,29D,30D,31D,32D,33D,38D,39D,40D,41D,42D,43D,44D,45D. The second kappa shape index (κ2) is 20.8. The minimum absolute atomic E-state index is 0.0929. The van der Waals surface area contributed by atoms with E-state index in [1.807, 2.05) is 21.9 Å². The Hall–Kier alpha value is -12.8. The molecule has 19 aromatic rings. The zero-order valence-electron chi connectivity index (χ0n) is 82.2. The molecule has 2 aliphatic heterocycles. The monoisotopic (exact) mass is 1260 g/mol. The summed E-state index contributed by atoms with van der Waals surface area (Å²) in [5.41, 5.74) is 3.68. The molecule has 0 unspecified atom stereocenters. The van der Waals surface area contributed by atoms with Crippen LogP contribution in [0.25, 0.3) is 132 Å². The van der Waals surface area contributed by atoms with Crippen molar-refractivity contribution in [2.75, 3.05) is 9.80 Å². The Morgan fingerprint density at radius 1 is 0.216 bits per heavy atom. The highest BCUT2D eigenvalue weighted by molar-refractivity contribution is 7.00. The molecule has 6 nitrogen and oxygen atoms in total. The van der Waals surface area contributed by atoms with E-state index in [1.165, 1.54) is 18.3 Å². The van der Waals surface area contributed by atoms with Crippen molar-refractivity contribution in [2.24, 2.45) is 0 Å². The van der Waals surface area contributed by atoms with Gasteiger partial charge < -0.3 is 28.1 Å². The van der Waals surface area contributed by atoms with Gasteiger partial charge in [-0.3, -0.25) is 0 Å². The van der Waals surface area contributed by atoms with Gasteiger partial charge in [0.15, 0.2) is 0 Å². The number of benzene rings is 15. The van der Waals surface area contributed by atoms with Crippen LogP contribution in [0, 0.1) is 0 Å². The van der Waals surface area contributed by atoms with Crippen LogP contribution in [0.1, 0.15) is 43.9 Å². The summed E-state index contributed by atoms with van der Waals surface area (Å²) in [7, 11) is 0. The van der Waals surface area contributed by atoms with Gasteiger partial charge in [-0.1, -0.05) is 236 Å². The molecule has 0 bridgehead atoms. The van der Waals surface area contributed by atoms with Gasteiger partial charge in [0.25, 0.3) is 6.71 Å². The lowest BCUT2D eigenvalue weighted by Crippen LogP contribution is -2.61. The summed E-state index contributed by atoms with van der Waals surface area (Å²) in [5.74, 6) is 0. The van der Waals surface area contributed by atoms with Crippen molar-refractivity contribution in [1.29, 1.82) is 0 Å². The smallest absolute Gasteiger partial charge is 0.252 e. The van der Waals surface area contributed by atoms with Crippen molar-refractivity contribution < 1.29 is 43.9 Å². The second-order valence-corrected chi connectivity index (χ2v) is 23.5. The molecule has 7 heteroatoms. The molecule has 6 heterocycles. The minimum Gasteiger partial charge on any atom is -0.311 e. The summed E-state index contributed by atoms with van der Waals surface area (Å²) < 4.78 is 304. The average Bonchev–Trinajstić information content (AvgIpc) is 1.22. The number of anilines is 6. The van der Waals surface area contributed by atoms with Crippen LogP contribution in [-0.2, 0) is 0 Å². The number of nitrogens with zero attached hydrogens (tertiary/aromatic N) is 6. The normalized spacial score (nSPS) is 17.3. The molecular weight excluding hydrogens is 1180 g/mol. The molecule has 97 heavy (non-hydrogen) atoms. The molecule has 21 rings (SSSR count). The summed E-state index contributed by atoms with van der Waals surface area (Å²) in [4.78, 5) is 3.82. The van der Waals surface area contributed by atoms with E-state index in [2.05, 4.69) is 0 Å². The van der Waals surface area contributed by atoms with Crippen molar-refractivity contribution in [3.63, 3.8) is 0 Å².